The van der Waals surface area contributed by atoms with Crippen molar-refractivity contribution >= 4 is 16.7 Å². The quantitative estimate of drug-likeness (QED) is 0.616. The van der Waals surface area contributed by atoms with Gasteiger partial charge in [0.1, 0.15) is 0 Å². The molecule has 0 heterocycles. The molecule has 0 bridgehead atoms. The van der Waals surface area contributed by atoms with Gasteiger partial charge in [-0.25, -0.2) is 5.43 Å². The Kier molecular flexibility index (Phi) is 4.93. The van der Waals surface area contributed by atoms with Crippen molar-refractivity contribution in [3.05, 3.63) is 48.0 Å². The third-order valence-corrected chi connectivity index (χ3v) is 3.24. The average molecular weight is 256 g/mol. The summed E-state index contributed by atoms with van der Waals surface area (Å²) in [6, 6.07) is 14.9. The van der Waals surface area contributed by atoms with Crippen molar-refractivity contribution in [3.8, 4) is 0 Å². The molecule has 0 unspecified atom stereocenters. The van der Waals surface area contributed by atoms with Gasteiger partial charge in [0, 0.05) is 13.5 Å². The number of hydrogen-bond acceptors (Lipinski definition) is 2. The van der Waals surface area contributed by atoms with Crippen molar-refractivity contribution in [3.63, 3.8) is 0 Å². The number of amides is 1. The molecule has 2 aromatic carbocycles. The van der Waals surface area contributed by atoms with E-state index in [0.29, 0.717) is 6.42 Å². The number of nitrogens with one attached hydrogen (secondary N) is 2. The van der Waals surface area contributed by atoms with E-state index in [2.05, 4.69) is 53.3 Å². The Morgan fingerprint density at radius 2 is 1.84 bits per heavy atom. The number of unbranched alkanes of at least 4 members (excludes halogenated alkanes) is 1. The molecule has 0 atom stereocenters. The van der Waals surface area contributed by atoms with Gasteiger partial charge in [0.15, 0.2) is 0 Å². The van der Waals surface area contributed by atoms with E-state index < -0.39 is 0 Å². The van der Waals surface area contributed by atoms with Crippen LogP contribution in [0.2, 0.25) is 0 Å². The minimum absolute atomic E-state index is 0.0559. The van der Waals surface area contributed by atoms with Gasteiger partial charge in [-0.15, -0.1) is 0 Å². The first-order chi connectivity index (χ1) is 9.31. The summed E-state index contributed by atoms with van der Waals surface area (Å²) in [7, 11) is 1.70. The van der Waals surface area contributed by atoms with Crippen molar-refractivity contribution in [1.82, 2.24) is 10.9 Å². The molecule has 100 valence electrons. The van der Waals surface area contributed by atoms with E-state index in [4.69, 9.17) is 0 Å². The van der Waals surface area contributed by atoms with Gasteiger partial charge in [-0.2, -0.15) is 0 Å². The molecule has 2 aromatic rings. The molecular formula is C16H20N2O. The van der Waals surface area contributed by atoms with E-state index in [0.717, 1.165) is 19.3 Å². The standard InChI is InChI=1S/C16H20N2O/c1-17-18-16(19)12-5-3-8-14-10-6-9-13-7-2-4-11-15(13)14/h2,4,6-7,9-11,17H,3,5,8,12H2,1H3,(H,18,19). The molecule has 0 aromatic heterocycles. The Morgan fingerprint density at radius 3 is 2.68 bits per heavy atom. The van der Waals surface area contributed by atoms with Crippen LogP contribution in [0.4, 0.5) is 0 Å². The molecule has 0 saturated carbocycles. The van der Waals surface area contributed by atoms with Crippen molar-refractivity contribution in [2.45, 2.75) is 25.7 Å². The van der Waals surface area contributed by atoms with Crippen LogP contribution in [-0.2, 0) is 11.2 Å². The largest absolute Gasteiger partial charge is 0.292 e. The van der Waals surface area contributed by atoms with Gasteiger partial charge < -0.3 is 0 Å². The van der Waals surface area contributed by atoms with Crippen molar-refractivity contribution in [1.29, 1.82) is 0 Å². The minimum Gasteiger partial charge on any atom is -0.292 e. The molecule has 3 heteroatoms. The molecular weight excluding hydrogens is 236 g/mol. The smallest absolute Gasteiger partial charge is 0.234 e. The Balaban J connectivity index is 1.90. The van der Waals surface area contributed by atoms with Crippen LogP contribution in [0.3, 0.4) is 0 Å². The van der Waals surface area contributed by atoms with Gasteiger partial charge in [0.05, 0.1) is 0 Å². The van der Waals surface area contributed by atoms with Crippen molar-refractivity contribution in [2.75, 3.05) is 7.05 Å². The van der Waals surface area contributed by atoms with E-state index in [-0.39, 0.29) is 5.91 Å². The predicted molar refractivity (Wildman–Crippen MR) is 78.7 cm³/mol. The molecule has 2 N–H and O–H groups in total. The summed E-state index contributed by atoms with van der Waals surface area (Å²) in [5.74, 6) is 0.0559. The zero-order chi connectivity index (χ0) is 13.5. The Bertz CT molecular complexity index is 546. The molecule has 3 nitrogen and oxygen atoms in total. The highest BCUT2D eigenvalue weighted by Crippen LogP contribution is 2.20. The first-order valence-electron chi connectivity index (χ1n) is 6.73. The fourth-order valence-electron chi connectivity index (χ4n) is 2.31. The maximum atomic E-state index is 11.3. The number of aryl methyl sites for hydroxylation is 1. The van der Waals surface area contributed by atoms with Gasteiger partial charge in [-0.1, -0.05) is 42.5 Å². The highest BCUT2D eigenvalue weighted by molar-refractivity contribution is 5.85. The fourth-order valence-corrected chi connectivity index (χ4v) is 2.31. The molecule has 19 heavy (non-hydrogen) atoms. The first kappa shape index (κ1) is 13.6. The number of hydrogen-bond donors (Lipinski definition) is 2. The maximum Gasteiger partial charge on any atom is 0.234 e. The normalized spacial score (nSPS) is 10.6. The van der Waals surface area contributed by atoms with E-state index in [1.807, 2.05) is 0 Å². The number of benzene rings is 2. The van der Waals surface area contributed by atoms with E-state index in [1.165, 1.54) is 16.3 Å². The average Bonchev–Trinajstić information content (AvgIpc) is 2.44. The number of hydrazine groups is 1. The molecule has 0 radical (unpaired) electrons. The maximum absolute atomic E-state index is 11.3. The summed E-state index contributed by atoms with van der Waals surface area (Å²) in [5.41, 5.74) is 6.60. The zero-order valence-corrected chi connectivity index (χ0v) is 11.3. The van der Waals surface area contributed by atoms with Gasteiger partial charge in [0.25, 0.3) is 0 Å². The second-order valence-corrected chi connectivity index (χ2v) is 4.64. The lowest BCUT2D eigenvalue weighted by Gasteiger charge is -2.06. The second-order valence-electron chi connectivity index (χ2n) is 4.64. The molecule has 1 amide bonds. The second kappa shape index (κ2) is 6.90. The van der Waals surface area contributed by atoms with Crippen LogP contribution < -0.4 is 10.9 Å². The molecule has 0 aliphatic carbocycles. The molecule has 0 aliphatic heterocycles. The van der Waals surface area contributed by atoms with E-state index in [1.54, 1.807) is 7.05 Å². The van der Waals surface area contributed by atoms with Crippen molar-refractivity contribution in [2.24, 2.45) is 0 Å². The third kappa shape index (κ3) is 3.80. The molecule has 0 fully saturated rings. The summed E-state index contributed by atoms with van der Waals surface area (Å²) < 4.78 is 0. The van der Waals surface area contributed by atoms with Crippen LogP contribution in [0.1, 0.15) is 24.8 Å². The zero-order valence-electron chi connectivity index (χ0n) is 11.3. The van der Waals surface area contributed by atoms with E-state index >= 15 is 0 Å². The Morgan fingerprint density at radius 1 is 1.05 bits per heavy atom. The summed E-state index contributed by atoms with van der Waals surface area (Å²) in [6.07, 6.45) is 3.54. The van der Waals surface area contributed by atoms with Gasteiger partial charge in [-0.3, -0.25) is 10.2 Å². The molecule has 2 rings (SSSR count). The van der Waals surface area contributed by atoms with Crippen LogP contribution in [0.15, 0.2) is 42.5 Å². The summed E-state index contributed by atoms with van der Waals surface area (Å²) in [4.78, 5) is 11.3. The van der Waals surface area contributed by atoms with Crippen LogP contribution in [0.25, 0.3) is 10.8 Å². The Labute approximate surface area is 114 Å². The highest BCUT2D eigenvalue weighted by Gasteiger charge is 2.02. The van der Waals surface area contributed by atoms with Crippen LogP contribution >= 0.6 is 0 Å². The molecule has 0 aliphatic rings. The number of rotatable bonds is 6. The predicted octanol–water partition coefficient (Wildman–Crippen LogP) is 2.80. The highest BCUT2D eigenvalue weighted by atomic mass is 16.2. The topological polar surface area (TPSA) is 41.1 Å². The van der Waals surface area contributed by atoms with Crippen LogP contribution in [0.5, 0.6) is 0 Å². The summed E-state index contributed by atoms with van der Waals surface area (Å²) in [5, 5.41) is 2.61. The van der Waals surface area contributed by atoms with Gasteiger partial charge >= 0.3 is 0 Å². The lowest BCUT2D eigenvalue weighted by atomic mass is 10.00. The lowest BCUT2D eigenvalue weighted by molar-refractivity contribution is -0.122. The minimum atomic E-state index is 0.0559. The Hall–Kier alpha value is -1.87. The number of carbonyl (C=O) groups excluding carboxylic acids is 1. The molecule has 0 saturated heterocycles. The SMILES string of the molecule is CNNC(=O)CCCCc1cccc2ccccc12. The first-order valence-corrected chi connectivity index (χ1v) is 6.73. The van der Waals surface area contributed by atoms with Crippen LogP contribution in [0, 0.1) is 0 Å². The number of fused-ring (bicyclic) bond motifs is 1. The summed E-state index contributed by atoms with van der Waals surface area (Å²) in [6.45, 7) is 0. The van der Waals surface area contributed by atoms with Crippen LogP contribution in [-0.4, -0.2) is 13.0 Å². The number of carbonyl (C=O) groups is 1. The van der Waals surface area contributed by atoms with E-state index in [9.17, 15) is 4.79 Å². The monoisotopic (exact) mass is 256 g/mol. The van der Waals surface area contributed by atoms with Gasteiger partial charge in [-0.05, 0) is 35.6 Å². The summed E-state index contributed by atoms with van der Waals surface area (Å²) >= 11 is 0. The molecule has 0 spiro atoms. The fraction of sp³-hybridized carbons (Fsp3) is 0.312. The van der Waals surface area contributed by atoms with Crippen molar-refractivity contribution < 1.29 is 4.79 Å². The lowest BCUT2D eigenvalue weighted by Crippen LogP contribution is -2.33. The van der Waals surface area contributed by atoms with Gasteiger partial charge in [0.2, 0.25) is 5.91 Å². The third-order valence-electron chi connectivity index (χ3n) is 3.24.